The van der Waals surface area contributed by atoms with Gasteiger partial charge in [0.2, 0.25) is 10.0 Å². The van der Waals surface area contributed by atoms with E-state index in [1.807, 2.05) is 0 Å². The molecule has 2 heterocycles. The number of carbonyl (C=O) groups is 1. The van der Waals surface area contributed by atoms with Gasteiger partial charge in [-0.1, -0.05) is 6.07 Å². The molecule has 22 heavy (non-hydrogen) atoms. The number of aryl methyl sites for hydroxylation is 2. The summed E-state index contributed by atoms with van der Waals surface area (Å²) in [6.07, 6.45) is 3.06. The van der Waals surface area contributed by atoms with Crippen LogP contribution in [0.2, 0.25) is 0 Å². The smallest absolute Gasteiger partial charge is 0.318 e. The normalized spacial score (nSPS) is 11.8. The van der Waals surface area contributed by atoms with E-state index in [9.17, 15) is 13.2 Å². The van der Waals surface area contributed by atoms with E-state index in [4.69, 9.17) is 9.52 Å². The molecule has 0 amide bonds. The number of carboxylic acids is 1. The molecule has 0 atom stereocenters. The molecule has 0 aliphatic carbocycles. The fourth-order valence-corrected chi connectivity index (χ4v) is 3.67. The van der Waals surface area contributed by atoms with Gasteiger partial charge in [0.1, 0.15) is 23.0 Å². The topological polar surface area (TPSA) is 101 Å². The van der Waals surface area contributed by atoms with Crippen LogP contribution in [-0.4, -0.2) is 35.3 Å². The molecule has 0 saturated heterocycles. The van der Waals surface area contributed by atoms with E-state index in [1.165, 1.54) is 19.2 Å². The Bertz CT molecular complexity index is 768. The third-order valence-electron chi connectivity index (χ3n) is 3.01. The fraction of sp³-hybridized carbons (Fsp3) is 0.286. The molecule has 0 fully saturated rings. The minimum Gasteiger partial charge on any atom is -0.480 e. The highest BCUT2D eigenvalue weighted by Gasteiger charge is 2.30. The Morgan fingerprint density at radius 2 is 2.14 bits per heavy atom. The highest BCUT2D eigenvalue weighted by molar-refractivity contribution is 7.89. The molecule has 0 radical (unpaired) electrons. The van der Waals surface area contributed by atoms with Crippen LogP contribution in [0.5, 0.6) is 0 Å². The Morgan fingerprint density at radius 1 is 1.41 bits per heavy atom. The number of aromatic nitrogens is 1. The second-order valence-electron chi connectivity index (χ2n) is 4.81. The molecule has 0 saturated carbocycles. The molecule has 1 N–H and O–H groups in total. The van der Waals surface area contributed by atoms with Crippen LogP contribution >= 0.6 is 0 Å². The van der Waals surface area contributed by atoms with Crippen molar-refractivity contribution in [3.63, 3.8) is 0 Å². The third kappa shape index (κ3) is 3.52. The van der Waals surface area contributed by atoms with Crippen molar-refractivity contribution in [1.82, 2.24) is 9.29 Å². The Hall–Kier alpha value is -2.19. The fourth-order valence-electron chi connectivity index (χ4n) is 2.07. The monoisotopic (exact) mass is 324 g/mol. The van der Waals surface area contributed by atoms with Crippen molar-refractivity contribution < 1.29 is 22.7 Å². The van der Waals surface area contributed by atoms with E-state index < -0.39 is 22.5 Å². The standard InChI is InChI=1S/C14H16N2O5S/c1-10-6-13(11(2)21-10)22(19,20)16(9-14(17)18)8-12-4-3-5-15-7-12/h3-7H,8-9H2,1-2H3,(H,17,18). The molecule has 0 aromatic carbocycles. The summed E-state index contributed by atoms with van der Waals surface area (Å²) < 4.78 is 31.5. The molecule has 8 heteroatoms. The minimum absolute atomic E-state index is 0.0184. The van der Waals surface area contributed by atoms with Crippen LogP contribution in [0.4, 0.5) is 0 Å². The van der Waals surface area contributed by atoms with Gasteiger partial charge in [-0.25, -0.2) is 8.42 Å². The number of furan rings is 1. The SMILES string of the molecule is Cc1cc(S(=O)(=O)N(CC(=O)O)Cc2cccnc2)c(C)o1. The van der Waals surface area contributed by atoms with Crippen molar-refractivity contribution in [1.29, 1.82) is 0 Å². The summed E-state index contributed by atoms with van der Waals surface area (Å²) in [5.74, 6) is -0.544. The van der Waals surface area contributed by atoms with Gasteiger partial charge in [0.05, 0.1) is 0 Å². The van der Waals surface area contributed by atoms with Gasteiger partial charge in [0, 0.05) is 18.9 Å². The van der Waals surface area contributed by atoms with Crippen LogP contribution in [0.15, 0.2) is 39.9 Å². The lowest BCUT2D eigenvalue weighted by Crippen LogP contribution is -2.35. The van der Waals surface area contributed by atoms with Crippen LogP contribution in [0.3, 0.4) is 0 Å². The highest BCUT2D eigenvalue weighted by Crippen LogP contribution is 2.24. The number of aliphatic carboxylic acids is 1. The second-order valence-corrected chi connectivity index (χ2v) is 6.71. The van der Waals surface area contributed by atoms with Crippen molar-refractivity contribution in [2.24, 2.45) is 0 Å². The van der Waals surface area contributed by atoms with Gasteiger partial charge in [-0.3, -0.25) is 9.78 Å². The quantitative estimate of drug-likeness (QED) is 0.865. The van der Waals surface area contributed by atoms with Crippen LogP contribution in [0.1, 0.15) is 17.1 Å². The first-order valence-electron chi connectivity index (χ1n) is 6.48. The number of sulfonamides is 1. The van der Waals surface area contributed by atoms with Crippen molar-refractivity contribution in [3.05, 3.63) is 47.7 Å². The molecular formula is C14H16N2O5S. The van der Waals surface area contributed by atoms with E-state index in [0.717, 1.165) is 4.31 Å². The lowest BCUT2D eigenvalue weighted by Gasteiger charge is -2.19. The molecule has 0 aliphatic heterocycles. The molecule has 2 aromatic heterocycles. The number of hydrogen-bond donors (Lipinski definition) is 1. The molecule has 0 spiro atoms. The van der Waals surface area contributed by atoms with Crippen molar-refractivity contribution in [2.45, 2.75) is 25.3 Å². The Morgan fingerprint density at radius 3 is 2.64 bits per heavy atom. The maximum atomic E-state index is 12.7. The predicted molar refractivity (Wildman–Crippen MR) is 77.7 cm³/mol. The molecule has 7 nitrogen and oxygen atoms in total. The molecule has 0 unspecified atom stereocenters. The minimum atomic E-state index is -3.97. The number of rotatable bonds is 6. The lowest BCUT2D eigenvalue weighted by molar-refractivity contribution is -0.137. The first kappa shape index (κ1) is 16.2. The Labute approximate surface area is 128 Å². The zero-order valence-electron chi connectivity index (χ0n) is 12.2. The maximum absolute atomic E-state index is 12.7. The summed E-state index contributed by atoms with van der Waals surface area (Å²) in [6, 6.07) is 4.74. The average Bonchev–Trinajstić information content (AvgIpc) is 2.78. The summed E-state index contributed by atoms with van der Waals surface area (Å²) in [7, 11) is -3.97. The number of hydrogen-bond acceptors (Lipinski definition) is 5. The largest absolute Gasteiger partial charge is 0.480 e. The van der Waals surface area contributed by atoms with E-state index in [1.54, 1.807) is 25.3 Å². The summed E-state index contributed by atoms with van der Waals surface area (Å²) in [5, 5.41) is 9.00. The van der Waals surface area contributed by atoms with Gasteiger partial charge in [-0.05, 0) is 31.5 Å². The van der Waals surface area contributed by atoms with Gasteiger partial charge < -0.3 is 9.52 Å². The molecule has 0 bridgehead atoms. The molecule has 2 aromatic rings. The molecule has 2 rings (SSSR count). The van der Waals surface area contributed by atoms with Gasteiger partial charge in [-0.15, -0.1) is 0 Å². The number of pyridine rings is 1. The highest BCUT2D eigenvalue weighted by atomic mass is 32.2. The number of carboxylic acid groups (broad SMARTS) is 1. The summed E-state index contributed by atoms with van der Waals surface area (Å²) in [5.41, 5.74) is 0.602. The van der Waals surface area contributed by atoms with Crippen molar-refractivity contribution >= 4 is 16.0 Å². The van der Waals surface area contributed by atoms with E-state index in [0.29, 0.717) is 11.3 Å². The third-order valence-corrected chi connectivity index (χ3v) is 4.91. The van der Waals surface area contributed by atoms with Gasteiger partial charge >= 0.3 is 5.97 Å². The Kier molecular flexibility index (Phi) is 4.62. The van der Waals surface area contributed by atoms with E-state index >= 15 is 0 Å². The second kappa shape index (κ2) is 6.29. The van der Waals surface area contributed by atoms with Crippen LogP contribution < -0.4 is 0 Å². The Balaban J connectivity index is 2.40. The summed E-state index contributed by atoms with van der Waals surface area (Å²) in [4.78, 5) is 14.9. The molecular weight excluding hydrogens is 308 g/mol. The van der Waals surface area contributed by atoms with Gasteiger partial charge in [-0.2, -0.15) is 4.31 Å². The van der Waals surface area contributed by atoms with Crippen molar-refractivity contribution in [2.75, 3.05) is 6.54 Å². The first-order chi connectivity index (χ1) is 10.3. The summed E-state index contributed by atoms with van der Waals surface area (Å²) in [6.45, 7) is 2.45. The zero-order chi connectivity index (χ0) is 16.3. The van der Waals surface area contributed by atoms with E-state index in [-0.39, 0.29) is 17.2 Å². The zero-order valence-corrected chi connectivity index (χ0v) is 13.0. The van der Waals surface area contributed by atoms with Gasteiger partial charge in [0.25, 0.3) is 0 Å². The van der Waals surface area contributed by atoms with Crippen LogP contribution in [0.25, 0.3) is 0 Å². The van der Waals surface area contributed by atoms with Crippen LogP contribution in [0, 0.1) is 13.8 Å². The van der Waals surface area contributed by atoms with Gasteiger partial charge in [0.15, 0.2) is 0 Å². The summed E-state index contributed by atoms with van der Waals surface area (Å²) >= 11 is 0. The molecule has 0 aliphatic rings. The molecule has 118 valence electrons. The van der Waals surface area contributed by atoms with E-state index in [2.05, 4.69) is 4.98 Å². The van der Waals surface area contributed by atoms with Crippen LogP contribution in [-0.2, 0) is 21.4 Å². The predicted octanol–water partition coefficient (Wildman–Crippen LogP) is 1.57. The average molecular weight is 324 g/mol. The van der Waals surface area contributed by atoms with Crippen molar-refractivity contribution in [3.8, 4) is 0 Å². The number of nitrogens with zero attached hydrogens (tertiary/aromatic N) is 2. The maximum Gasteiger partial charge on any atom is 0.318 e. The first-order valence-corrected chi connectivity index (χ1v) is 7.92. The lowest BCUT2D eigenvalue weighted by atomic mass is 10.3.